The third-order valence-electron chi connectivity index (χ3n) is 2.78. The topological polar surface area (TPSA) is 78.7 Å². The maximum Gasteiger partial charge on any atom is 0.341 e. The number of nitro groups is 1. The van der Waals surface area contributed by atoms with Crippen LogP contribution in [-0.2, 0) is 4.74 Å². The summed E-state index contributed by atoms with van der Waals surface area (Å²) in [4.78, 5) is 21.8. The lowest BCUT2D eigenvalue weighted by molar-refractivity contribution is -0.384. The van der Waals surface area contributed by atoms with Crippen LogP contribution in [0.3, 0.4) is 0 Å². The zero-order chi connectivity index (χ0) is 14.4. The molecular weight excluding hydrogens is 250 g/mol. The van der Waals surface area contributed by atoms with Crippen LogP contribution in [0.25, 0.3) is 0 Å². The number of methoxy groups -OCH3 is 1. The van der Waals surface area contributed by atoms with Crippen molar-refractivity contribution in [2.75, 3.05) is 7.11 Å². The van der Waals surface area contributed by atoms with Crippen LogP contribution >= 0.6 is 0 Å². The van der Waals surface area contributed by atoms with Gasteiger partial charge in [0.25, 0.3) is 5.69 Å². The largest absolute Gasteiger partial charge is 0.490 e. The second kappa shape index (κ2) is 6.72. The highest BCUT2D eigenvalue weighted by molar-refractivity contribution is 5.93. The normalized spacial score (nSPS) is 10.3. The summed E-state index contributed by atoms with van der Waals surface area (Å²) in [5.41, 5.74) is -0.0964. The third-order valence-corrected chi connectivity index (χ3v) is 2.78. The summed E-state index contributed by atoms with van der Waals surface area (Å²) >= 11 is 0. The predicted octanol–water partition coefficient (Wildman–Crippen LogP) is 2.95. The van der Waals surface area contributed by atoms with E-state index < -0.39 is 10.9 Å². The fraction of sp³-hybridized carbons (Fsp3) is 0.462. The van der Waals surface area contributed by atoms with Crippen LogP contribution in [0.2, 0.25) is 0 Å². The molecular formula is C13H17NO5. The van der Waals surface area contributed by atoms with Gasteiger partial charge in [-0.25, -0.2) is 4.79 Å². The van der Waals surface area contributed by atoms with E-state index in [4.69, 9.17) is 4.74 Å². The SMILES string of the molecule is CCC(CC)Oc1ccc([N+](=O)[O-])cc1C(=O)OC. The zero-order valence-electron chi connectivity index (χ0n) is 11.2. The molecule has 0 saturated carbocycles. The van der Waals surface area contributed by atoms with Crippen molar-refractivity contribution in [1.82, 2.24) is 0 Å². The predicted molar refractivity (Wildman–Crippen MR) is 69.4 cm³/mol. The molecule has 0 aliphatic carbocycles. The number of hydrogen-bond donors (Lipinski definition) is 0. The van der Waals surface area contributed by atoms with Gasteiger partial charge >= 0.3 is 5.97 Å². The molecule has 6 nitrogen and oxygen atoms in total. The minimum absolute atomic E-state index is 0.0372. The number of ether oxygens (including phenoxy) is 2. The first kappa shape index (κ1) is 14.9. The van der Waals surface area contributed by atoms with Gasteiger partial charge < -0.3 is 9.47 Å². The Morgan fingerprint density at radius 1 is 1.37 bits per heavy atom. The number of carbonyl (C=O) groups is 1. The van der Waals surface area contributed by atoms with Crippen molar-refractivity contribution in [3.05, 3.63) is 33.9 Å². The summed E-state index contributed by atoms with van der Waals surface area (Å²) < 4.78 is 10.3. The zero-order valence-corrected chi connectivity index (χ0v) is 11.2. The van der Waals surface area contributed by atoms with E-state index in [9.17, 15) is 14.9 Å². The molecule has 0 atom stereocenters. The summed E-state index contributed by atoms with van der Waals surface area (Å²) in [6, 6.07) is 3.91. The van der Waals surface area contributed by atoms with Gasteiger partial charge in [0, 0.05) is 12.1 Å². The van der Waals surface area contributed by atoms with Gasteiger partial charge in [-0.15, -0.1) is 0 Å². The fourth-order valence-corrected chi connectivity index (χ4v) is 1.64. The number of rotatable bonds is 6. The molecule has 1 aromatic rings. The van der Waals surface area contributed by atoms with Gasteiger partial charge in [-0.1, -0.05) is 13.8 Å². The highest BCUT2D eigenvalue weighted by Gasteiger charge is 2.20. The maximum absolute atomic E-state index is 11.6. The first-order valence-electron chi connectivity index (χ1n) is 6.06. The number of esters is 1. The summed E-state index contributed by atoms with van der Waals surface area (Å²) in [7, 11) is 1.22. The van der Waals surface area contributed by atoms with Gasteiger partial charge in [0.2, 0.25) is 0 Å². The molecule has 0 aromatic heterocycles. The molecule has 0 spiro atoms. The molecule has 1 aromatic carbocycles. The lowest BCUT2D eigenvalue weighted by Crippen LogP contribution is -2.16. The van der Waals surface area contributed by atoms with Crippen LogP contribution in [-0.4, -0.2) is 24.1 Å². The Labute approximate surface area is 111 Å². The summed E-state index contributed by atoms with van der Waals surface area (Å²) in [5.74, 6) is -0.337. The molecule has 0 amide bonds. The molecule has 19 heavy (non-hydrogen) atoms. The van der Waals surface area contributed by atoms with Crippen LogP contribution in [0.15, 0.2) is 18.2 Å². The van der Waals surface area contributed by atoms with Gasteiger partial charge in [-0.05, 0) is 18.9 Å². The molecule has 0 aliphatic heterocycles. The average molecular weight is 267 g/mol. The minimum Gasteiger partial charge on any atom is -0.490 e. The molecule has 6 heteroatoms. The molecule has 0 unspecified atom stereocenters. The first-order valence-corrected chi connectivity index (χ1v) is 6.06. The van der Waals surface area contributed by atoms with Crippen molar-refractivity contribution in [2.24, 2.45) is 0 Å². The van der Waals surface area contributed by atoms with Crippen LogP contribution in [0.5, 0.6) is 5.75 Å². The van der Waals surface area contributed by atoms with E-state index in [0.717, 1.165) is 12.8 Å². The minimum atomic E-state index is -0.648. The van der Waals surface area contributed by atoms with Crippen molar-refractivity contribution in [3.63, 3.8) is 0 Å². The Balaban J connectivity index is 3.15. The summed E-state index contributed by atoms with van der Waals surface area (Å²) in [6.45, 7) is 3.94. The highest BCUT2D eigenvalue weighted by atomic mass is 16.6. The van der Waals surface area contributed by atoms with Crippen molar-refractivity contribution < 1.29 is 19.2 Å². The van der Waals surface area contributed by atoms with Crippen LogP contribution in [0.4, 0.5) is 5.69 Å². The van der Waals surface area contributed by atoms with Crippen molar-refractivity contribution in [2.45, 2.75) is 32.8 Å². The Morgan fingerprint density at radius 2 is 2.00 bits per heavy atom. The second-order valence-electron chi connectivity index (χ2n) is 3.99. The van der Waals surface area contributed by atoms with E-state index in [-0.39, 0.29) is 17.4 Å². The Morgan fingerprint density at radius 3 is 2.47 bits per heavy atom. The Bertz CT molecular complexity index is 468. The monoisotopic (exact) mass is 267 g/mol. The van der Waals surface area contributed by atoms with E-state index in [1.807, 2.05) is 13.8 Å². The second-order valence-corrected chi connectivity index (χ2v) is 3.99. The van der Waals surface area contributed by atoms with Crippen LogP contribution in [0, 0.1) is 10.1 Å². The lowest BCUT2D eigenvalue weighted by Gasteiger charge is -2.17. The first-order chi connectivity index (χ1) is 9.03. The van der Waals surface area contributed by atoms with Gasteiger partial charge in [-0.3, -0.25) is 10.1 Å². The van der Waals surface area contributed by atoms with Crippen molar-refractivity contribution in [3.8, 4) is 5.75 Å². The van der Waals surface area contributed by atoms with E-state index >= 15 is 0 Å². The Hall–Kier alpha value is -2.11. The molecule has 1 rings (SSSR count). The molecule has 0 bridgehead atoms. The number of nitro benzene ring substituents is 1. The number of nitrogens with zero attached hydrogens (tertiary/aromatic N) is 1. The van der Waals surface area contributed by atoms with E-state index in [0.29, 0.717) is 5.75 Å². The van der Waals surface area contributed by atoms with Crippen LogP contribution in [0.1, 0.15) is 37.0 Å². The van der Waals surface area contributed by atoms with Gasteiger partial charge in [0.15, 0.2) is 0 Å². The molecule has 0 aliphatic rings. The van der Waals surface area contributed by atoms with E-state index in [1.54, 1.807) is 0 Å². The van der Waals surface area contributed by atoms with Crippen molar-refractivity contribution in [1.29, 1.82) is 0 Å². The lowest BCUT2D eigenvalue weighted by atomic mass is 10.1. The molecule has 104 valence electrons. The smallest absolute Gasteiger partial charge is 0.341 e. The Kier molecular flexibility index (Phi) is 5.29. The standard InChI is InChI=1S/C13H17NO5/c1-4-10(5-2)19-12-7-6-9(14(16)17)8-11(12)13(15)18-3/h6-8,10H,4-5H2,1-3H3. The molecule has 0 radical (unpaired) electrons. The number of non-ortho nitro benzene ring substituents is 1. The molecule has 0 N–H and O–H groups in total. The summed E-state index contributed by atoms with van der Waals surface area (Å²) in [6.07, 6.45) is 1.53. The quantitative estimate of drug-likeness (QED) is 0.450. The van der Waals surface area contributed by atoms with Gasteiger partial charge in [-0.2, -0.15) is 0 Å². The van der Waals surface area contributed by atoms with E-state index in [1.165, 1.54) is 25.3 Å². The fourth-order valence-electron chi connectivity index (χ4n) is 1.64. The molecule has 0 saturated heterocycles. The van der Waals surface area contributed by atoms with Gasteiger partial charge in [0.05, 0.1) is 18.1 Å². The summed E-state index contributed by atoms with van der Waals surface area (Å²) in [5, 5.41) is 10.7. The molecule has 0 heterocycles. The number of carbonyl (C=O) groups excluding carboxylic acids is 1. The average Bonchev–Trinajstić information content (AvgIpc) is 2.43. The maximum atomic E-state index is 11.6. The third kappa shape index (κ3) is 3.67. The highest BCUT2D eigenvalue weighted by Crippen LogP contribution is 2.26. The number of benzene rings is 1. The molecule has 0 fully saturated rings. The van der Waals surface area contributed by atoms with Crippen LogP contribution < -0.4 is 4.74 Å². The van der Waals surface area contributed by atoms with Crippen molar-refractivity contribution >= 4 is 11.7 Å². The number of hydrogen-bond acceptors (Lipinski definition) is 5. The van der Waals surface area contributed by atoms with E-state index in [2.05, 4.69) is 4.74 Å². The van der Waals surface area contributed by atoms with Gasteiger partial charge in [0.1, 0.15) is 11.3 Å².